The highest BCUT2D eigenvalue weighted by Gasteiger charge is 2.04. The molecule has 0 radical (unpaired) electrons. The molecule has 0 fully saturated rings. The summed E-state index contributed by atoms with van der Waals surface area (Å²) in [6.07, 6.45) is 0. The van der Waals surface area contributed by atoms with Gasteiger partial charge >= 0.3 is 0 Å². The van der Waals surface area contributed by atoms with Crippen LogP contribution in [0.5, 0.6) is 11.5 Å². The van der Waals surface area contributed by atoms with Gasteiger partial charge in [0.1, 0.15) is 35.6 Å². The van der Waals surface area contributed by atoms with Gasteiger partial charge in [-0.1, -0.05) is 0 Å². The third-order valence-electron chi connectivity index (χ3n) is 4.23. The number of hydrogen-bond donors (Lipinski definition) is 2. The molecule has 7 heteroatoms. The maximum absolute atomic E-state index is 5.73. The zero-order valence-electron chi connectivity index (χ0n) is 17.3. The molecule has 0 aliphatic heterocycles. The predicted molar refractivity (Wildman–Crippen MR) is 118 cm³/mol. The van der Waals surface area contributed by atoms with Crippen LogP contribution in [0.15, 0.2) is 54.6 Å². The van der Waals surface area contributed by atoms with Gasteiger partial charge in [-0.2, -0.15) is 0 Å². The summed E-state index contributed by atoms with van der Waals surface area (Å²) in [5.41, 5.74) is 2.12. The average molecular weight is 393 g/mol. The van der Waals surface area contributed by atoms with Crippen LogP contribution in [0.1, 0.15) is 5.82 Å². The number of nitrogens with one attached hydrogen (secondary N) is 2. The smallest absolute Gasteiger partial charge is 0.136 e. The van der Waals surface area contributed by atoms with Gasteiger partial charge in [0, 0.05) is 31.5 Å². The highest BCUT2D eigenvalue weighted by Crippen LogP contribution is 2.21. The lowest BCUT2D eigenvalue weighted by molar-refractivity contribution is 0.331. The van der Waals surface area contributed by atoms with E-state index < -0.39 is 0 Å². The molecule has 0 aliphatic rings. The van der Waals surface area contributed by atoms with Crippen LogP contribution in [0.3, 0.4) is 0 Å². The SMILES string of the molecule is COc1ccc(OCCNc2cc(Nc3ccc(N(C)C)cc3)nc(C)n2)cc1. The van der Waals surface area contributed by atoms with Gasteiger partial charge in [-0.25, -0.2) is 9.97 Å². The minimum absolute atomic E-state index is 0.518. The van der Waals surface area contributed by atoms with Gasteiger partial charge in [-0.05, 0) is 55.5 Å². The van der Waals surface area contributed by atoms with Crippen molar-refractivity contribution in [1.29, 1.82) is 0 Å². The van der Waals surface area contributed by atoms with E-state index in [1.165, 1.54) is 0 Å². The van der Waals surface area contributed by atoms with Gasteiger partial charge in [0.25, 0.3) is 0 Å². The van der Waals surface area contributed by atoms with Crippen LogP contribution >= 0.6 is 0 Å². The van der Waals surface area contributed by atoms with Crippen LogP contribution in [0, 0.1) is 6.92 Å². The summed E-state index contributed by atoms with van der Waals surface area (Å²) in [7, 11) is 5.68. The van der Waals surface area contributed by atoms with E-state index in [1.54, 1.807) is 7.11 Å². The normalized spacial score (nSPS) is 10.3. The molecule has 152 valence electrons. The minimum Gasteiger partial charge on any atom is -0.497 e. The molecule has 1 heterocycles. The van der Waals surface area contributed by atoms with Crippen LogP contribution in [0.2, 0.25) is 0 Å². The summed E-state index contributed by atoms with van der Waals surface area (Å²) < 4.78 is 10.9. The standard InChI is InChI=1S/C22H27N5O2/c1-16-24-21(23-13-14-29-20-11-9-19(28-4)10-12-20)15-22(25-16)26-17-5-7-18(8-6-17)27(2)3/h5-12,15H,13-14H2,1-4H3,(H2,23,24,25,26). The second-order valence-electron chi connectivity index (χ2n) is 6.70. The highest BCUT2D eigenvalue weighted by atomic mass is 16.5. The molecule has 0 aliphatic carbocycles. The summed E-state index contributed by atoms with van der Waals surface area (Å²) in [5.74, 6) is 3.80. The van der Waals surface area contributed by atoms with E-state index in [0.29, 0.717) is 19.0 Å². The number of benzene rings is 2. The van der Waals surface area contributed by atoms with Crippen molar-refractivity contribution in [3.8, 4) is 11.5 Å². The summed E-state index contributed by atoms with van der Waals surface area (Å²) in [6.45, 7) is 3.02. The van der Waals surface area contributed by atoms with Crippen molar-refractivity contribution in [2.45, 2.75) is 6.92 Å². The number of anilines is 4. The molecule has 3 rings (SSSR count). The lowest BCUT2D eigenvalue weighted by Crippen LogP contribution is -2.13. The fourth-order valence-electron chi connectivity index (χ4n) is 2.73. The predicted octanol–water partition coefficient (Wildman–Crippen LogP) is 4.09. The van der Waals surface area contributed by atoms with Gasteiger partial charge in [-0.3, -0.25) is 0 Å². The van der Waals surface area contributed by atoms with Crippen molar-refractivity contribution >= 4 is 23.0 Å². The second kappa shape index (κ2) is 9.64. The number of hydrogen-bond acceptors (Lipinski definition) is 7. The Morgan fingerprint density at radius 3 is 2.21 bits per heavy atom. The number of ether oxygens (including phenoxy) is 2. The van der Waals surface area contributed by atoms with Crippen LogP contribution < -0.4 is 25.0 Å². The first-order valence-electron chi connectivity index (χ1n) is 9.44. The molecule has 2 aromatic carbocycles. The molecule has 0 spiro atoms. The average Bonchev–Trinajstić information content (AvgIpc) is 2.72. The van der Waals surface area contributed by atoms with Crippen molar-refractivity contribution in [2.75, 3.05) is 49.9 Å². The molecule has 1 aromatic heterocycles. The molecular weight excluding hydrogens is 366 g/mol. The van der Waals surface area contributed by atoms with Gasteiger partial charge in [0.15, 0.2) is 0 Å². The molecule has 7 nitrogen and oxygen atoms in total. The molecule has 3 aromatic rings. The van der Waals surface area contributed by atoms with E-state index in [4.69, 9.17) is 9.47 Å². The molecule has 0 atom stereocenters. The Bertz CT molecular complexity index is 911. The first kappa shape index (κ1) is 20.3. The van der Waals surface area contributed by atoms with Crippen LogP contribution in [0.25, 0.3) is 0 Å². The fourth-order valence-corrected chi connectivity index (χ4v) is 2.73. The van der Waals surface area contributed by atoms with Crippen LogP contribution in [-0.2, 0) is 0 Å². The van der Waals surface area contributed by atoms with Gasteiger partial charge in [0.2, 0.25) is 0 Å². The third kappa shape index (κ3) is 6.00. The Morgan fingerprint density at radius 2 is 1.55 bits per heavy atom. The molecule has 0 bridgehead atoms. The molecule has 0 saturated carbocycles. The number of methoxy groups -OCH3 is 1. The molecule has 0 amide bonds. The molecule has 0 saturated heterocycles. The minimum atomic E-state index is 0.518. The summed E-state index contributed by atoms with van der Waals surface area (Å²) >= 11 is 0. The Labute approximate surface area is 171 Å². The Kier molecular flexibility index (Phi) is 6.73. The first-order valence-corrected chi connectivity index (χ1v) is 9.44. The Hall–Kier alpha value is -3.48. The second-order valence-corrected chi connectivity index (χ2v) is 6.70. The van der Waals surface area contributed by atoms with Crippen LogP contribution in [-0.4, -0.2) is 44.3 Å². The van der Waals surface area contributed by atoms with E-state index in [9.17, 15) is 0 Å². The highest BCUT2D eigenvalue weighted by molar-refractivity contribution is 5.62. The van der Waals surface area contributed by atoms with Gasteiger partial charge in [0.05, 0.1) is 13.7 Å². The fraction of sp³-hybridized carbons (Fsp3) is 0.273. The van der Waals surface area contributed by atoms with E-state index in [1.807, 2.05) is 63.5 Å². The van der Waals surface area contributed by atoms with E-state index in [2.05, 4.69) is 37.6 Å². The monoisotopic (exact) mass is 393 g/mol. The molecule has 0 unspecified atom stereocenters. The summed E-state index contributed by atoms with van der Waals surface area (Å²) in [6, 6.07) is 17.6. The van der Waals surface area contributed by atoms with Crippen molar-refractivity contribution < 1.29 is 9.47 Å². The Morgan fingerprint density at radius 1 is 0.897 bits per heavy atom. The van der Waals surface area contributed by atoms with Gasteiger partial charge in [-0.15, -0.1) is 0 Å². The van der Waals surface area contributed by atoms with E-state index in [-0.39, 0.29) is 0 Å². The van der Waals surface area contributed by atoms with Crippen molar-refractivity contribution in [3.63, 3.8) is 0 Å². The first-order chi connectivity index (χ1) is 14.0. The summed E-state index contributed by atoms with van der Waals surface area (Å²) in [5, 5.41) is 6.61. The molecule has 2 N–H and O–H groups in total. The molecule has 29 heavy (non-hydrogen) atoms. The zero-order chi connectivity index (χ0) is 20.6. The number of rotatable bonds is 9. The van der Waals surface area contributed by atoms with E-state index in [0.717, 1.165) is 34.5 Å². The maximum Gasteiger partial charge on any atom is 0.136 e. The van der Waals surface area contributed by atoms with Crippen LogP contribution in [0.4, 0.5) is 23.0 Å². The summed E-state index contributed by atoms with van der Waals surface area (Å²) in [4.78, 5) is 11.0. The van der Waals surface area contributed by atoms with Crippen molar-refractivity contribution in [2.24, 2.45) is 0 Å². The quantitative estimate of drug-likeness (QED) is 0.531. The maximum atomic E-state index is 5.73. The lowest BCUT2D eigenvalue weighted by Gasteiger charge is -2.14. The topological polar surface area (TPSA) is 71.5 Å². The zero-order valence-corrected chi connectivity index (χ0v) is 17.3. The van der Waals surface area contributed by atoms with Crippen molar-refractivity contribution in [1.82, 2.24) is 9.97 Å². The Balaban J connectivity index is 1.54. The number of aryl methyl sites for hydroxylation is 1. The van der Waals surface area contributed by atoms with Crippen molar-refractivity contribution in [3.05, 3.63) is 60.4 Å². The third-order valence-corrected chi connectivity index (χ3v) is 4.23. The largest absolute Gasteiger partial charge is 0.497 e. The molecular formula is C22H27N5O2. The lowest BCUT2D eigenvalue weighted by atomic mass is 10.2. The number of nitrogens with zero attached hydrogens (tertiary/aromatic N) is 3. The van der Waals surface area contributed by atoms with Gasteiger partial charge < -0.3 is 25.0 Å². The van der Waals surface area contributed by atoms with E-state index >= 15 is 0 Å². The number of aromatic nitrogens is 2.